The summed E-state index contributed by atoms with van der Waals surface area (Å²) in [5, 5.41) is 0. The Labute approximate surface area is 265 Å². The first kappa shape index (κ1) is 33.0. The standard InChI is InChI=1S/C36H44N4.2FH.Pt/c1-9-21-22(10-2)30-18-32-25(13-5)26(14-6)34(39-32)20-36-28(16-8)27(15-7)35(40-36)19-33-24(12-4)23(11-3)31(38-33)17-29(21)37-30;;;/h17-20H,9-16H2,1-8H3;2*1H;/q-2;;;+4/p-2. The number of halogens is 2. The molecule has 43 heavy (non-hydrogen) atoms. The van der Waals surface area contributed by atoms with Crippen molar-refractivity contribution in [1.82, 2.24) is 19.9 Å². The van der Waals surface area contributed by atoms with Crippen molar-refractivity contribution in [2.45, 2.75) is 107 Å². The number of hydrogen-bond donors (Lipinski definition) is 0. The molecule has 0 atom stereocenters. The van der Waals surface area contributed by atoms with Crippen LogP contribution >= 0.6 is 0 Å². The van der Waals surface area contributed by atoms with Crippen LogP contribution in [0.4, 0.5) is 6.32 Å². The Balaban J connectivity index is 0.00000135. The molecule has 0 aliphatic carbocycles. The fourth-order valence-corrected chi connectivity index (χ4v) is 6.92. The molecule has 0 amide bonds. The van der Waals surface area contributed by atoms with Crippen molar-refractivity contribution in [3.05, 3.63) is 69.3 Å². The number of allylic oxidation sites excluding steroid dienone is 4. The van der Waals surface area contributed by atoms with E-state index in [0.717, 1.165) is 96.2 Å². The Morgan fingerprint density at radius 2 is 0.651 bits per heavy atom. The van der Waals surface area contributed by atoms with E-state index >= 15 is 0 Å². The predicted molar refractivity (Wildman–Crippen MR) is 173 cm³/mol. The van der Waals surface area contributed by atoms with Crippen molar-refractivity contribution in [1.29, 1.82) is 0 Å². The summed E-state index contributed by atoms with van der Waals surface area (Å²) in [7, 11) is 0. The van der Waals surface area contributed by atoms with E-state index in [1.807, 2.05) is 0 Å². The van der Waals surface area contributed by atoms with E-state index in [9.17, 15) is 6.32 Å². The van der Waals surface area contributed by atoms with Crippen LogP contribution in [0.5, 0.6) is 0 Å². The Morgan fingerprint density at radius 1 is 0.442 bits per heavy atom. The maximum atomic E-state index is 9.74. The third-order valence-corrected chi connectivity index (χ3v) is 8.82. The van der Waals surface area contributed by atoms with Gasteiger partial charge in [-0.25, -0.2) is 9.97 Å². The molecule has 5 heterocycles. The fourth-order valence-electron chi connectivity index (χ4n) is 6.92. The molecule has 5 rings (SSSR count). The van der Waals surface area contributed by atoms with Gasteiger partial charge in [0.1, 0.15) is 0 Å². The average Bonchev–Trinajstić information content (AvgIpc) is 3.72. The van der Waals surface area contributed by atoms with Gasteiger partial charge in [0.15, 0.2) is 0 Å². The van der Waals surface area contributed by atoms with Crippen LogP contribution in [0.1, 0.15) is 126 Å². The number of hydrogen-bond acceptors (Lipinski definition) is 2. The molecule has 0 unspecified atom stereocenters. The summed E-state index contributed by atoms with van der Waals surface area (Å²) in [6, 6.07) is 8.98. The maximum absolute atomic E-state index is 9.74. The van der Waals surface area contributed by atoms with Crippen LogP contribution in [0.2, 0.25) is 0 Å². The Kier molecular flexibility index (Phi) is 11.3. The van der Waals surface area contributed by atoms with Gasteiger partial charge in [-0.1, -0.05) is 102 Å². The summed E-state index contributed by atoms with van der Waals surface area (Å²) in [5.74, 6) is 0. The molecule has 0 spiro atoms. The molecule has 3 aromatic rings. The Morgan fingerprint density at radius 3 is 0.814 bits per heavy atom. The second-order valence-electron chi connectivity index (χ2n) is 10.8. The molecular weight excluding hydrogens is 721 g/mol. The number of aryl methyl sites for hydroxylation is 4. The molecule has 232 valence electrons. The Hall–Kier alpha value is -2.85. The van der Waals surface area contributed by atoms with E-state index in [4.69, 9.17) is 19.9 Å². The van der Waals surface area contributed by atoms with Crippen molar-refractivity contribution < 1.29 is 25.9 Å². The zero-order valence-electron chi connectivity index (χ0n) is 26.8. The van der Waals surface area contributed by atoms with E-state index in [1.165, 1.54) is 44.5 Å². The molecule has 2 aliphatic rings. The van der Waals surface area contributed by atoms with Crippen molar-refractivity contribution >= 4 is 44.4 Å². The molecule has 4 nitrogen and oxygen atoms in total. The first-order valence-electron chi connectivity index (χ1n) is 15.8. The molecule has 0 fully saturated rings. The van der Waals surface area contributed by atoms with E-state index in [-0.39, 0.29) is 0 Å². The molecule has 0 saturated heterocycles. The summed E-state index contributed by atoms with van der Waals surface area (Å²) in [4.78, 5) is 21.0. The molecule has 2 aliphatic heterocycles. The molecule has 7 heteroatoms. The minimum absolute atomic E-state index is 0.950. The minimum atomic E-state index is -2.42. The molecule has 0 radical (unpaired) electrons. The van der Waals surface area contributed by atoms with E-state index in [0.29, 0.717) is 0 Å². The number of fused-ring (bicyclic) bond motifs is 8. The van der Waals surface area contributed by atoms with Gasteiger partial charge in [0.25, 0.3) is 0 Å². The molecular formula is C36H44F2N4Pt. The van der Waals surface area contributed by atoms with Gasteiger partial charge in [0.2, 0.25) is 0 Å². The van der Waals surface area contributed by atoms with Crippen molar-refractivity contribution in [3.8, 4) is 0 Å². The van der Waals surface area contributed by atoms with Gasteiger partial charge >= 0.3 is 25.9 Å². The predicted octanol–water partition coefficient (Wildman–Crippen LogP) is 10.1. The van der Waals surface area contributed by atoms with Crippen LogP contribution in [0.3, 0.4) is 0 Å². The van der Waals surface area contributed by atoms with E-state index < -0.39 is 19.6 Å². The molecule has 0 N–H and O–H groups in total. The summed E-state index contributed by atoms with van der Waals surface area (Å²) >= 11 is -2.42. The summed E-state index contributed by atoms with van der Waals surface area (Å²) in [6.07, 6.45) is 7.60. The SMILES string of the molecule is CCC1=C(CC)c2cc3[n-]c(cc4nc(cc5[n-]c(cc1n2)c(CC)c5CC)C(CC)=C4CC)c(CC)c3CC.[F][Pt+2][F]. The normalized spacial score (nSPS) is 13.2. The summed E-state index contributed by atoms with van der Waals surface area (Å²) in [6.45, 7) is 17.9. The first-order valence-corrected chi connectivity index (χ1v) is 17.5. The van der Waals surface area contributed by atoms with Crippen molar-refractivity contribution in [2.24, 2.45) is 0 Å². The summed E-state index contributed by atoms with van der Waals surface area (Å²) in [5.41, 5.74) is 19.1. The quantitative estimate of drug-likeness (QED) is 0.229. The Bertz CT molecular complexity index is 1470. The average molecular weight is 766 g/mol. The van der Waals surface area contributed by atoms with Gasteiger partial charge < -0.3 is 9.97 Å². The van der Waals surface area contributed by atoms with Crippen LogP contribution in [0, 0.1) is 0 Å². The van der Waals surface area contributed by atoms with Crippen LogP contribution in [-0.2, 0) is 45.3 Å². The van der Waals surface area contributed by atoms with E-state index in [2.05, 4.69) is 79.7 Å². The summed E-state index contributed by atoms with van der Waals surface area (Å²) < 4.78 is 19.5. The van der Waals surface area contributed by atoms with Gasteiger partial charge in [-0.3, -0.25) is 0 Å². The topological polar surface area (TPSA) is 54.0 Å². The molecule has 0 saturated carbocycles. The van der Waals surface area contributed by atoms with Gasteiger partial charge in [-0.2, -0.15) is 0 Å². The molecule has 0 aromatic carbocycles. The monoisotopic (exact) mass is 765 g/mol. The number of aromatic nitrogens is 4. The van der Waals surface area contributed by atoms with Gasteiger partial charge in [0.05, 0.1) is 22.8 Å². The van der Waals surface area contributed by atoms with Crippen LogP contribution in [0.15, 0.2) is 24.3 Å². The van der Waals surface area contributed by atoms with Crippen LogP contribution in [0.25, 0.3) is 44.4 Å². The zero-order chi connectivity index (χ0) is 31.3. The van der Waals surface area contributed by atoms with E-state index in [1.54, 1.807) is 0 Å². The zero-order valence-corrected chi connectivity index (χ0v) is 29.1. The second kappa shape index (κ2) is 14.8. The third kappa shape index (κ3) is 6.23. The van der Waals surface area contributed by atoms with Crippen molar-refractivity contribution in [2.75, 3.05) is 0 Å². The number of rotatable bonds is 8. The van der Waals surface area contributed by atoms with Gasteiger partial charge in [0, 0.05) is 0 Å². The van der Waals surface area contributed by atoms with Crippen LogP contribution < -0.4 is 9.97 Å². The van der Waals surface area contributed by atoms with Crippen LogP contribution in [-0.4, -0.2) is 9.97 Å². The third-order valence-electron chi connectivity index (χ3n) is 8.82. The van der Waals surface area contributed by atoms with Crippen molar-refractivity contribution in [3.63, 3.8) is 0 Å². The fraction of sp³-hybridized carbons (Fsp3) is 0.444. The van der Waals surface area contributed by atoms with Gasteiger partial charge in [-0.05, 0) is 73.7 Å². The number of nitrogens with zero attached hydrogens (tertiary/aromatic N) is 4. The second-order valence-corrected chi connectivity index (χ2v) is 11.1. The molecule has 8 bridgehead atoms. The first-order chi connectivity index (χ1) is 20.9. The molecule has 3 aromatic heterocycles. The van der Waals surface area contributed by atoms with Gasteiger partial charge in [-0.15, -0.1) is 22.1 Å².